The van der Waals surface area contributed by atoms with E-state index in [1.165, 1.54) is 0 Å². The Morgan fingerprint density at radius 1 is 1.12 bits per heavy atom. The van der Waals surface area contributed by atoms with Crippen molar-refractivity contribution in [2.45, 2.75) is 0 Å². The Bertz CT molecular complexity index is 16.0. The van der Waals surface area contributed by atoms with Gasteiger partial charge in [0.15, 0.2) is 0 Å². The van der Waals surface area contributed by atoms with Crippen molar-refractivity contribution < 1.29 is 21.5 Å². The summed E-state index contributed by atoms with van der Waals surface area (Å²) in [5, 5.41) is 6.26. The summed E-state index contributed by atoms with van der Waals surface area (Å²) in [5.41, 5.74) is 6.26. The second kappa shape index (κ2) is 53.8. The fourth-order valence-corrected chi connectivity index (χ4v) is 0. The van der Waals surface area contributed by atoms with Crippen molar-refractivity contribution in [2.75, 3.05) is 13.2 Å². The first-order chi connectivity index (χ1) is 1.91. The molecule has 8 heavy (non-hydrogen) atoms. The molecule has 0 aliphatic carbocycles. The van der Waals surface area contributed by atoms with Crippen LogP contribution in [-0.4, -0.2) is 52.3 Å². The SMILES string of the molecule is [Ge].[NH-]CC[OH2+].[OH-].[OH-].[OH-]. The standard InChI is InChI=1S/C2H6NO.Ge.3H2O/c3-1-2-4;;;;/h3-4H,1-2H2;;3*1H2/q-1;;;;/p-2. The third-order valence-corrected chi connectivity index (χ3v) is 0.125. The van der Waals surface area contributed by atoms with Crippen LogP contribution in [0.1, 0.15) is 0 Å². The topological polar surface area (TPSA) is 137 Å². The van der Waals surface area contributed by atoms with Gasteiger partial charge in [-0.1, -0.05) is 6.54 Å². The molecule has 0 atom stereocenters. The van der Waals surface area contributed by atoms with Crippen LogP contribution in [0.15, 0.2) is 0 Å². The van der Waals surface area contributed by atoms with Crippen LogP contribution in [0.5, 0.6) is 0 Å². The molecule has 0 heterocycles. The quantitative estimate of drug-likeness (QED) is 0.376. The molecule has 0 aliphatic heterocycles. The van der Waals surface area contributed by atoms with E-state index in [0.717, 1.165) is 0 Å². The molecule has 6 N–H and O–H groups in total. The van der Waals surface area contributed by atoms with E-state index in [2.05, 4.69) is 0 Å². The van der Waals surface area contributed by atoms with Gasteiger partial charge in [0, 0.05) is 17.6 Å². The first-order valence-electron chi connectivity index (χ1n) is 1.21. The van der Waals surface area contributed by atoms with E-state index in [-0.39, 0.29) is 47.2 Å². The van der Waals surface area contributed by atoms with Crippen LogP contribution < -0.4 is 0 Å². The molecule has 0 unspecified atom stereocenters. The van der Waals surface area contributed by atoms with Crippen molar-refractivity contribution in [3.63, 3.8) is 0 Å². The molecule has 0 rings (SSSR count). The van der Waals surface area contributed by atoms with Crippen molar-refractivity contribution in [3.8, 4) is 0 Å². The first-order valence-corrected chi connectivity index (χ1v) is 1.21. The monoisotopic (exact) mass is 186 g/mol. The third-order valence-electron chi connectivity index (χ3n) is 0.125. The van der Waals surface area contributed by atoms with E-state index in [4.69, 9.17) is 10.8 Å². The van der Waals surface area contributed by atoms with Gasteiger partial charge in [0.2, 0.25) is 0 Å². The number of hydrogen-bond donors (Lipinski definition) is 0. The molecule has 0 aromatic rings. The molecule has 0 aromatic heterocycles. The Morgan fingerprint density at radius 3 is 1.25 bits per heavy atom. The molecular formula is C2H10GeNO4-3. The summed E-state index contributed by atoms with van der Waals surface area (Å²) < 4.78 is 0. The molecule has 5 nitrogen and oxygen atoms in total. The zero-order valence-corrected chi connectivity index (χ0v) is 6.35. The molecule has 0 spiro atoms. The Morgan fingerprint density at radius 2 is 1.25 bits per heavy atom. The second-order valence-corrected chi connectivity index (χ2v) is 0.500. The van der Waals surface area contributed by atoms with Crippen LogP contribution >= 0.6 is 0 Å². The van der Waals surface area contributed by atoms with Crippen LogP contribution in [-0.2, 0) is 0 Å². The summed E-state index contributed by atoms with van der Waals surface area (Å²) in [6.07, 6.45) is 0. The largest absolute Gasteiger partial charge is 0.870 e. The van der Waals surface area contributed by atoms with E-state index in [0.29, 0.717) is 0 Å². The van der Waals surface area contributed by atoms with Crippen molar-refractivity contribution in [1.29, 1.82) is 0 Å². The van der Waals surface area contributed by atoms with Crippen LogP contribution in [0.3, 0.4) is 0 Å². The van der Waals surface area contributed by atoms with Gasteiger partial charge in [0.05, 0.1) is 0 Å². The van der Waals surface area contributed by atoms with Gasteiger partial charge in [-0.05, 0) is 0 Å². The fourth-order valence-electron chi connectivity index (χ4n) is 0. The minimum Gasteiger partial charge on any atom is -0.870 e. The summed E-state index contributed by atoms with van der Waals surface area (Å²) in [6, 6.07) is 0. The molecule has 0 fully saturated rings. The predicted octanol–water partition coefficient (Wildman–Crippen LogP) is -1.15. The van der Waals surface area contributed by atoms with E-state index >= 15 is 0 Å². The van der Waals surface area contributed by atoms with Crippen LogP contribution in [0.25, 0.3) is 5.73 Å². The fraction of sp³-hybridized carbons (Fsp3) is 1.00. The summed E-state index contributed by atoms with van der Waals surface area (Å²) in [5.74, 6) is 0. The molecule has 0 saturated heterocycles. The van der Waals surface area contributed by atoms with E-state index in [1.54, 1.807) is 0 Å². The van der Waals surface area contributed by atoms with Gasteiger partial charge in [-0.15, -0.1) is 0 Å². The third kappa shape index (κ3) is 100. The van der Waals surface area contributed by atoms with Crippen molar-refractivity contribution in [2.24, 2.45) is 0 Å². The minimum atomic E-state index is 0. The van der Waals surface area contributed by atoms with E-state index in [1.807, 2.05) is 0 Å². The van der Waals surface area contributed by atoms with Gasteiger partial charge in [-0.2, -0.15) is 0 Å². The molecule has 0 aromatic carbocycles. The van der Waals surface area contributed by atoms with Crippen molar-refractivity contribution in [3.05, 3.63) is 5.73 Å². The maximum atomic E-state index is 6.26. The molecule has 6 heteroatoms. The Labute approximate surface area is 58.8 Å². The molecule has 4 radical (unpaired) electrons. The molecular weight excluding hydrogens is 175 g/mol. The van der Waals surface area contributed by atoms with Gasteiger partial charge in [-0.25, -0.2) is 0 Å². The van der Waals surface area contributed by atoms with E-state index in [9.17, 15) is 0 Å². The van der Waals surface area contributed by atoms with Crippen LogP contribution in [0, 0.1) is 0 Å². The molecule has 0 bridgehead atoms. The summed E-state index contributed by atoms with van der Waals surface area (Å²) in [4.78, 5) is 0. The molecule has 0 saturated carbocycles. The second-order valence-electron chi connectivity index (χ2n) is 0.500. The van der Waals surface area contributed by atoms with Gasteiger partial charge in [0.1, 0.15) is 6.61 Å². The summed E-state index contributed by atoms with van der Waals surface area (Å²) in [6.45, 7) is 0.472. The molecule has 54 valence electrons. The zero-order chi connectivity index (χ0) is 3.41. The molecule has 0 aliphatic rings. The first kappa shape index (κ1) is 40.3. The van der Waals surface area contributed by atoms with Gasteiger partial charge >= 0.3 is 0 Å². The average molecular weight is 185 g/mol. The van der Waals surface area contributed by atoms with E-state index < -0.39 is 0 Å². The minimum absolute atomic E-state index is 0. The maximum absolute atomic E-state index is 6.26. The van der Waals surface area contributed by atoms with Gasteiger partial charge < -0.3 is 27.3 Å². The smallest absolute Gasteiger partial charge is 0.124 e. The maximum Gasteiger partial charge on any atom is 0.124 e. The van der Waals surface area contributed by atoms with Crippen LogP contribution in [0.4, 0.5) is 0 Å². The Kier molecular flexibility index (Phi) is 271. The van der Waals surface area contributed by atoms with Gasteiger partial charge in [-0.3, -0.25) is 0 Å². The predicted molar refractivity (Wildman–Crippen MR) is 29.2 cm³/mol. The van der Waals surface area contributed by atoms with Crippen molar-refractivity contribution >= 4 is 17.6 Å². The van der Waals surface area contributed by atoms with Crippen LogP contribution in [0.2, 0.25) is 0 Å². The Balaban J connectivity index is -0.00000000750. The Hall–Kier alpha value is 0.343. The number of rotatable bonds is 1. The molecule has 0 amide bonds. The number of nitrogens with one attached hydrogen (secondary N) is 1. The van der Waals surface area contributed by atoms with Gasteiger partial charge in [0.25, 0.3) is 0 Å². The normalized spacial score (nSPS) is 3.75. The van der Waals surface area contributed by atoms with Crippen molar-refractivity contribution in [1.82, 2.24) is 0 Å². The summed E-state index contributed by atoms with van der Waals surface area (Å²) in [7, 11) is 0. The number of hydrogen-bond acceptors (Lipinski definition) is 3. The summed E-state index contributed by atoms with van der Waals surface area (Å²) >= 11 is 0. The zero-order valence-electron chi connectivity index (χ0n) is 4.26. The average Bonchev–Trinajstić information content (AvgIpc) is 1.37.